The fourth-order valence-corrected chi connectivity index (χ4v) is 5.37. The summed E-state index contributed by atoms with van der Waals surface area (Å²) < 4.78 is 97.8. The molecule has 5 nitrogen and oxygen atoms in total. The second kappa shape index (κ2) is 12.7. The van der Waals surface area contributed by atoms with Gasteiger partial charge in [-0.15, -0.1) is 0 Å². The van der Waals surface area contributed by atoms with Gasteiger partial charge >= 0.3 is 6.18 Å². The van der Waals surface area contributed by atoms with Crippen molar-refractivity contribution in [2.45, 2.75) is 49.9 Å². The van der Waals surface area contributed by atoms with Crippen LogP contribution in [0.2, 0.25) is 0 Å². The average Bonchev–Trinajstić information content (AvgIpc) is 2.84. The zero-order valence-corrected chi connectivity index (χ0v) is 23.2. The molecule has 0 aromatic heterocycles. The molecular formula is C29H32F5NO4S. The lowest BCUT2D eigenvalue weighted by Gasteiger charge is -2.24. The monoisotopic (exact) mass is 585 g/mol. The predicted molar refractivity (Wildman–Crippen MR) is 142 cm³/mol. The van der Waals surface area contributed by atoms with Gasteiger partial charge in [-0.25, -0.2) is 17.2 Å². The first-order chi connectivity index (χ1) is 18.5. The molecule has 0 heterocycles. The second-order valence-electron chi connectivity index (χ2n) is 10.2. The highest BCUT2D eigenvalue weighted by Crippen LogP contribution is 2.33. The normalized spacial score (nSPS) is 12.7. The molecule has 0 bridgehead atoms. The first kappa shape index (κ1) is 31.5. The maximum Gasteiger partial charge on any atom is 0.416 e. The molecule has 40 heavy (non-hydrogen) atoms. The minimum Gasteiger partial charge on any atom is -0.493 e. The summed E-state index contributed by atoms with van der Waals surface area (Å²) in [6.45, 7) is 3.73. The van der Waals surface area contributed by atoms with E-state index in [1.165, 1.54) is 38.1 Å². The Balaban J connectivity index is 1.72. The van der Waals surface area contributed by atoms with Crippen LogP contribution in [-0.4, -0.2) is 44.4 Å². The van der Waals surface area contributed by atoms with Gasteiger partial charge in [0.15, 0.2) is 9.84 Å². The van der Waals surface area contributed by atoms with Crippen LogP contribution in [0.4, 0.5) is 22.0 Å². The van der Waals surface area contributed by atoms with E-state index in [4.69, 9.17) is 4.74 Å². The van der Waals surface area contributed by atoms with Crippen molar-refractivity contribution in [3.63, 3.8) is 0 Å². The zero-order chi connectivity index (χ0) is 29.7. The minimum atomic E-state index is -4.47. The molecule has 11 heteroatoms. The van der Waals surface area contributed by atoms with Crippen molar-refractivity contribution >= 4 is 9.84 Å². The number of halogens is 5. The molecule has 218 valence electrons. The number of nitrogens with zero attached hydrogens (tertiary/aromatic N) is 1. The van der Waals surface area contributed by atoms with Crippen LogP contribution in [0.3, 0.4) is 0 Å². The van der Waals surface area contributed by atoms with E-state index < -0.39 is 33.0 Å². The summed E-state index contributed by atoms with van der Waals surface area (Å²) in [7, 11) is -3.88. The molecule has 0 radical (unpaired) electrons. The first-order valence-corrected chi connectivity index (χ1v) is 14.5. The van der Waals surface area contributed by atoms with Crippen LogP contribution in [0.15, 0.2) is 65.6 Å². The van der Waals surface area contributed by atoms with Gasteiger partial charge in [0.05, 0.1) is 22.7 Å². The molecule has 3 aromatic rings. The molecule has 0 unspecified atom stereocenters. The number of hydrogen-bond donors (Lipinski definition) is 1. The number of ether oxygens (including phenoxy) is 1. The van der Waals surface area contributed by atoms with Crippen LogP contribution in [-0.2, 0) is 34.6 Å². The van der Waals surface area contributed by atoms with Crippen molar-refractivity contribution < 1.29 is 40.2 Å². The van der Waals surface area contributed by atoms with Crippen molar-refractivity contribution in [1.82, 2.24) is 4.90 Å². The predicted octanol–water partition coefficient (Wildman–Crippen LogP) is 6.13. The van der Waals surface area contributed by atoms with Crippen molar-refractivity contribution in [2.75, 3.05) is 26.0 Å². The Hall–Kier alpha value is -3.02. The lowest BCUT2D eigenvalue weighted by molar-refractivity contribution is -0.137. The van der Waals surface area contributed by atoms with Crippen molar-refractivity contribution in [3.05, 3.63) is 94.6 Å². The van der Waals surface area contributed by atoms with E-state index in [1.54, 1.807) is 18.2 Å². The Labute approximate surface area is 231 Å². The minimum absolute atomic E-state index is 0.0262. The fraction of sp³-hybridized carbons (Fsp3) is 0.379. The van der Waals surface area contributed by atoms with Crippen LogP contribution in [0.25, 0.3) is 0 Å². The summed E-state index contributed by atoms with van der Waals surface area (Å²) in [5.41, 5.74) is -1.50. The topological polar surface area (TPSA) is 66.8 Å². The second-order valence-corrected chi connectivity index (χ2v) is 12.1. The SMILES string of the molecule is CC(C)(O)c1c(F)cc(OCCCN(CCc2ccc(F)cc2)Cc2cccc(C(F)(F)F)c2)cc1S(C)(=O)=O. The Bertz CT molecular complexity index is 1400. The highest BCUT2D eigenvalue weighted by Gasteiger charge is 2.31. The largest absolute Gasteiger partial charge is 0.493 e. The van der Waals surface area contributed by atoms with Crippen LogP contribution in [0.5, 0.6) is 5.75 Å². The van der Waals surface area contributed by atoms with Gasteiger partial charge in [-0.05, 0) is 62.1 Å². The number of aliphatic hydroxyl groups is 1. The molecule has 0 fully saturated rings. The third-order valence-electron chi connectivity index (χ3n) is 6.22. The number of hydrogen-bond acceptors (Lipinski definition) is 5. The van der Waals surface area contributed by atoms with Gasteiger partial charge in [0.1, 0.15) is 17.4 Å². The molecule has 0 amide bonds. The van der Waals surface area contributed by atoms with Crippen LogP contribution in [0.1, 0.15) is 42.5 Å². The lowest BCUT2D eigenvalue weighted by Crippen LogP contribution is -2.28. The first-order valence-electron chi connectivity index (χ1n) is 12.6. The van der Waals surface area contributed by atoms with Crippen LogP contribution < -0.4 is 4.74 Å². The van der Waals surface area contributed by atoms with Gasteiger partial charge < -0.3 is 9.84 Å². The van der Waals surface area contributed by atoms with E-state index in [0.29, 0.717) is 31.5 Å². The summed E-state index contributed by atoms with van der Waals surface area (Å²) in [5, 5.41) is 10.3. The van der Waals surface area contributed by atoms with E-state index in [9.17, 15) is 35.5 Å². The summed E-state index contributed by atoms with van der Waals surface area (Å²) in [6, 6.07) is 13.2. The maximum atomic E-state index is 14.8. The van der Waals surface area contributed by atoms with Crippen molar-refractivity contribution in [1.29, 1.82) is 0 Å². The molecule has 0 saturated carbocycles. The quantitative estimate of drug-likeness (QED) is 0.205. The number of rotatable bonds is 12. The number of sulfone groups is 1. The van der Waals surface area contributed by atoms with E-state index in [-0.39, 0.29) is 35.2 Å². The van der Waals surface area contributed by atoms with Gasteiger partial charge in [0.25, 0.3) is 0 Å². The Morgan fingerprint density at radius 2 is 1.60 bits per heavy atom. The smallest absolute Gasteiger partial charge is 0.416 e. The molecule has 0 aliphatic carbocycles. The lowest BCUT2D eigenvalue weighted by atomic mass is 9.97. The molecule has 1 N–H and O–H groups in total. The third kappa shape index (κ3) is 9.00. The molecular weight excluding hydrogens is 553 g/mol. The van der Waals surface area contributed by atoms with Gasteiger partial charge in [0.2, 0.25) is 0 Å². The zero-order valence-electron chi connectivity index (χ0n) is 22.4. The van der Waals surface area contributed by atoms with E-state index >= 15 is 0 Å². The average molecular weight is 586 g/mol. The van der Waals surface area contributed by atoms with Crippen LogP contribution in [0, 0.1) is 11.6 Å². The van der Waals surface area contributed by atoms with Gasteiger partial charge in [0, 0.05) is 37.5 Å². The Morgan fingerprint density at radius 3 is 2.20 bits per heavy atom. The molecule has 0 aliphatic rings. The standard InChI is InChI=1S/C29H32F5NO4S/c1-28(2,36)27-25(31)17-24(18-26(27)40(3,37)38)39-15-5-13-35(14-12-20-8-10-23(30)11-9-20)19-21-6-4-7-22(16-21)29(32,33)34/h4,6-11,16-18,36H,5,12-15,19H2,1-3H3. The molecule has 0 saturated heterocycles. The molecule has 3 rings (SSSR count). The highest BCUT2D eigenvalue weighted by atomic mass is 32.2. The Kier molecular flexibility index (Phi) is 9.97. The van der Waals surface area contributed by atoms with Gasteiger partial charge in [-0.1, -0.05) is 30.3 Å². The van der Waals surface area contributed by atoms with Gasteiger partial charge in [-0.3, -0.25) is 4.90 Å². The van der Waals surface area contributed by atoms with E-state index in [0.717, 1.165) is 30.0 Å². The summed E-state index contributed by atoms with van der Waals surface area (Å²) in [6.07, 6.45) is -2.63. The summed E-state index contributed by atoms with van der Waals surface area (Å²) in [5.74, 6) is -1.31. The molecule has 0 aliphatic heterocycles. The Morgan fingerprint density at radius 1 is 0.925 bits per heavy atom. The maximum absolute atomic E-state index is 14.8. The van der Waals surface area contributed by atoms with E-state index in [2.05, 4.69) is 0 Å². The molecule has 3 aromatic carbocycles. The van der Waals surface area contributed by atoms with Crippen LogP contribution >= 0.6 is 0 Å². The molecule has 0 spiro atoms. The third-order valence-corrected chi connectivity index (χ3v) is 7.34. The molecule has 0 atom stereocenters. The highest BCUT2D eigenvalue weighted by molar-refractivity contribution is 7.90. The summed E-state index contributed by atoms with van der Waals surface area (Å²) >= 11 is 0. The summed E-state index contributed by atoms with van der Waals surface area (Å²) in [4.78, 5) is 1.56. The van der Waals surface area contributed by atoms with Gasteiger partial charge in [-0.2, -0.15) is 13.2 Å². The number of benzene rings is 3. The van der Waals surface area contributed by atoms with Crippen molar-refractivity contribution in [2.24, 2.45) is 0 Å². The van der Waals surface area contributed by atoms with E-state index in [1.807, 2.05) is 4.90 Å². The number of alkyl halides is 3. The van der Waals surface area contributed by atoms with Crippen molar-refractivity contribution in [3.8, 4) is 5.75 Å². The fourth-order valence-electron chi connectivity index (χ4n) is 4.32.